The van der Waals surface area contributed by atoms with Crippen molar-refractivity contribution < 1.29 is 5.11 Å². The number of hydrogen-bond acceptors (Lipinski definition) is 4. The van der Waals surface area contributed by atoms with Gasteiger partial charge in [-0.1, -0.05) is 0 Å². The first-order valence-electron chi connectivity index (χ1n) is 5.60. The smallest absolute Gasteiger partial charge is 0.132 e. The normalized spacial score (nSPS) is 10.9. The SMILES string of the molecule is Cc1nn(C)c(N(C)Cc2cc(Br)cs2)c1CO. The molecule has 0 aromatic carbocycles. The summed E-state index contributed by atoms with van der Waals surface area (Å²) in [5.74, 6) is 0.972. The van der Waals surface area contributed by atoms with Crippen molar-refractivity contribution in [1.29, 1.82) is 0 Å². The molecule has 2 aromatic heterocycles. The molecule has 98 valence electrons. The molecule has 2 rings (SSSR count). The highest BCUT2D eigenvalue weighted by molar-refractivity contribution is 9.10. The van der Waals surface area contributed by atoms with Crippen LogP contribution in [0.2, 0.25) is 0 Å². The number of thiophene rings is 1. The number of rotatable bonds is 4. The summed E-state index contributed by atoms with van der Waals surface area (Å²) < 4.78 is 2.93. The molecule has 0 saturated carbocycles. The van der Waals surface area contributed by atoms with Gasteiger partial charge < -0.3 is 10.0 Å². The predicted molar refractivity (Wildman–Crippen MR) is 78.0 cm³/mol. The highest BCUT2D eigenvalue weighted by Crippen LogP contribution is 2.26. The van der Waals surface area contributed by atoms with Gasteiger partial charge in [-0.2, -0.15) is 5.10 Å². The third-order valence-electron chi connectivity index (χ3n) is 2.85. The van der Waals surface area contributed by atoms with E-state index < -0.39 is 0 Å². The quantitative estimate of drug-likeness (QED) is 0.937. The molecule has 18 heavy (non-hydrogen) atoms. The Morgan fingerprint density at radius 1 is 1.56 bits per heavy atom. The minimum absolute atomic E-state index is 0.0213. The zero-order valence-corrected chi connectivity index (χ0v) is 13.0. The van der Waals surface area contributed by atoms with Crippen LogP contribution in [-0.2, 0) is 20.2 Å². The van der Waals surface area contributed by atoms with Crippen LogP contribution in [0.25, 0.3) is 0 Å². The monoisotopic (exact) mass is 329 g/mol. The van der Waals surface area contributed by atoms with Gasteiger partial charge in [-0.05, 0) is 28.9 Å². The topological polar surface area (TPSA) is 41.3 Å². The second-order valence-electron chi connectivity index (χ2n) is 4.26. The van der Waals surface area contributed by atoms with Gasteiger partial charge >= 0.3 is 0 Å². The molecule has 2 heterocycles. The van der Waals surface area contributed by atoms with Crippen molar-refractivity contribution >= 4 is 33.1 Å². The standard InChI is InChI=1S/C12H16BrN3OS/c1-8-11(6-17)12(16(3)14-8)15(2)5-10-4-9(13)7-18-10/h4,7,17H,5-6H2,1-3H3. The molecule has 0 saturated heterocycles. The molecule has 4 nitrogen and oxygen atoms in total. The van der Waals surface area contributed by atoms with E-state index in [9.17, 15) is 5.11 Å². The number of hydrogen-bond donors (Lipinski definition) is 1. The fourth-order valence-corrected chi connectivity index (χ4v) is 3.60. The number of aromatic nitrogens is 2. The maximum atomic E-state index is 9.45. The van der Waals surface area contributed by atoms with Crippen LogP contribution >= 0.6 is 27.3 Å². The molecule has 0 aliphatic heterocycles. The lowest BCUT2D eigenvalue weighted by Crippen LogP contribution is -2.20. The summed E-state index contributed by atoms with van der Waals surface area (Å²) in [5.41, 5.74) is 1.78. The second-order valence-corrected chi connectivity index (χ2v) is 6.17. The first-order valence-corrected chi connectivity index (χ1v) is 7.27. The molecule has 0 amide bonds. The van der Waals surface area contributed by atoms with Gasteiger partial charge in [0.25, 0.3) is 0 Å². The third kappa shape index (κ3) is 2.60. The maximum absolute atomic E-state index is 9.45. The summed E-state index contributed by atoms with van der Waals surface area (Å²) in [6, 6.07) is 2.11. The van der Waals surface area contributed by atoms with E-state index in [-0.39, 0.29) is 6.61 Å². The van der Waals surface area contributed by atoms with E-state index in [2.05, 4.69) is 37.4 Å². The lowest BCUT2D eigenvalue weighted by atomic mass is 10.2. The fraction of sp³-hybridized carbons (Fsp3) is 0.417. The van der Waals surface area contributed by atoms with Crippen molar-refractivity contribution in [2.75, 3.05) is 11.9 Å². The second kappa shape index (κ2) is 5.42. The van der Waals surface area contributed by atoms with Gasteiger partial charge in [0.05, 0.1) is 18.8 Å². The van der Waals surface area contributed by atoms with E-state index in [0.717, 1.165) is 28.1 Å². The Labute approximate surface area is 119 Å². The maximum Gasteiger partial charge on any atom is 0.132 e. The molecule has 0 radical (unpaired) electrons. The number of anilines is 1. The summed E-state index contributed by atoms with van der Waals surface area (Å²) in [6.45, 7) is 2.75. The number of halogens is 1. The lowest BCUT2D eigenvalue weighted by molar-refractivity contribution is 0.281. The van der Waals surface area contributed by atoms with Crippen molar-refractivity contribution in [2.24, 2.45) is 7.05 Å². The fourth-order valence-electron chi connectivity index (χ4n) is 2.10. The molecule has 0 spiro atoms. The summed E-state index contributed by atoms with van der Waals surface area (Å²) in [6.07, 6.45) is 0. The van der Waals surface area contributed by atoms with Crippen molar-refractivity contribution in [3.8, 4) is 0 Å². The van der Waals surface area contributed by atoms with Crippen molar-refractivity contribution in [2.45, 2.75) is 20.1 Å². The molecular formula is C12H16BrN3OS. The van der Waals surface area contributed by atoms with Gasteiger partial charge in [0.15, 0.2) is 0 Å². The van der Waals surface area contributed by atoms with Crippen LogP contribution in [0.15, 0.2) is 15.9 Å². The van der Waals surface area contributed by atoms with Crippen LogP contribution in [0.5, 0.6) is 0 Å². The van der Waals surface area contributed by atoms with E-state index in [1.165, 1.54) is 4.88 Å². The minimum Gasteiger partial charge on any atom is -0.391 e. The average Bonchev–Trinajstić information content (AvgIpc) is 2.82. The Hall–Kier alpha value is -0.850. The Morgan fingerprint density at radius 2 is 2.28 bits per heavy atom. The number of aryl methyl sites for hydroxylation is 2. The Bertz CT molecular complexity index is 550. The van der Waals surface area contributed by atoms with Gasteiger partial charge in [0.1, 0.15) is 5.82 Å². The molecule has 0 aliphatic carbocycles. The highest BCUT2D eigenvalue weighted by atomic mass is 79.9. The van der Waals surface area contributed by atoms with Crippen molar-refractivity contribution in [3.05, 3.63) is 32.1 Å². The first kappa shape index (κ1) is 13.6. The average molecular weight is 330 g/mol. The van der Waals surface area contributed by atoms with E-state index in [4.69, 9.17) is 0 Å². The molecular weight excluding hydrogens is 314 g/mol. The van der Waals surface area contributed by atoms with Crippen molar-refractivity contribution in [3.63, 3.8) is 0 Å². The van der Waals surface area contributed by atoms with Crippen LogP contribution < -0.4 is 4.90 Å². The van der Waals surface area contributed by atoms with Crippen LogP contribution in [0, 0.1) is 6.92 Å². The number of aliphatic hydroxyl groups is 1. The van der Waals surface area contributed by atoms with Crippen LogP contribution in [0.4, 0.5) is 5.82 Å². The molecule has 0 bridgehead atoms. The van der Waals surface area contributed by atoms with E-state index in [0.29, 0.717) is 0 Å². The largest absolute Gasteiger partial charge is 0.391 e. The lowest BCUT2D eigenvalue weighted by Gasteiger charge is -2.19. The summed E-state index contributed by atoms with van der Waals surface area (Å²) in [7, 11) is 3.92. The highest BCUT2D eigenvalue weighted by Gasteiger charge is 2.16. The molecule has 6 heteroatoms. The summed E-state index contributed by atoms with van der Waals surface area (Å²) in [5, 5.41) is 15.9. The Morgan fingerprint density at radius 3 is 2.83 bits per heavy atom. The molecule has 2 aromatic rings. The van der Waals surface area contributed by atoms with E-state index in [1.54, 1.807) is 11.3 Å². The number of aliphatic hydroxyl groups excluding tert-OH is 1. The van der Waals surface area contributed by atoms with Crippen molar-refractivity contribution in [1.82, 2.24) is 9.78 Å². The van der Waals surface area contributed by atoms with Crippen LogP contribution in [-0.4, -0.2) is 21.9 Å². The number of nitrogens with zero attached hydrogens (tertiary/aromatic N) is 3. The van der Waals surface area contributed by atoms with Gasteiger partial charge in [-0.25, -0.2) is 0 Å². The summed E-state index contributed by atoms with van der Waals surface area (Å²) in [4.78, 5) is 3.39. The van der Waals surface area contributed by atoms with Crippen LogP contribution in [0.1, 0.15) is 16.1 Å². The minimum atomic E-state index is 0.0213. The van der Waals surface area contributed by atoms with Gasteiger partial charge in [-0.15, -0.1) is 11.3 Å². The Balaban J connectivity index is 2.25. The predicted octanol–water partition coefficient (Wildman–Crippen LogP) is 2.68. The summed E-state index contributed by atoms with van der Waals surface area (Å²) >= 11 is 5.18. The van der Waals surface area contributed by atoms with Crippen LogP contribution in [0.3, 0.4) is 0 Å². The van der Waals surface area contributed by atoms with E-state index in [1.807, 2.05) is 25.7 Å². The zero-order valence-electron chi connectivity index (χ0n) is 10.6. The molecule has 0 aliphatic rings. The van der Waals surface area contributed by atoms with Gasteiger partial charge in [0, 0.05) is 34.4 Å². The third-order valence-corrected chi connectivity index (χ3v) is 4.53. The zero-order chi connectivity index (χ0) is 13.3. The first-order chi connectivity index (χ1) is 8.52. The van der Waals surface area contributed by atoms with Gasteiger partial charge in [-0.3, -0.25) is 4.68 Å². The van der Waals surface area contributed by atoms with E-state index >= 15 is 0 Å². The van der Waals surface area contributed by atoms with Gasteiger partial charge in [0.2, 0.25) is 0 Å². The molecule has 0 fully saturated rings. The molecule has 0 unspecified atom stereocenters. The Kier molecular flexibility index (Phi) is 4.09. The molecule has 0 atom stereocenters. The molecule has 1 N–H and O–H groups in total.